The van der Waals surface area contributed by atoms with Crippen LogP contribution in [-0.4, -0.2) is 29.2 Å². The SMILES string of the molecule is Cc1cncc(-c2cc(Cl)nc3c2c(C#N)cn3COCC[Si](C)(C)C)c1. The lowest BCUT2D eigenvalue weighted by Crippen LogP contribution is -2.22. The zero-order valence-electron chi connectivity index (χ0n) is 16.1. The number of halogens is 1. The standard InChI is InChI=1S/C20H23ClN4OSi/c1-14-7-15(11-23-10-14)17-8-18(21)24-20-19(17)16(9-22)12-25(20)13-26-5-6-27(2,3)4/h7-8,10-12H,5-6,13H2,1-4H3. The van der Waals surface area contributed by atoms with Gasteiger partial charge in [-0.1, -0.05) is 31.2 Å². The Balaban J connectivity index is 2.02. The summed E-state index contributed by atoms with van der Waals surface area (Å²) in [6.07, 6.45) is 5.36. The molecule has 3 aromatic heterocycles. The number of ether oxygens (including phenoxy) is 1. The van der Waals surface area contributed by atoms with Crippen molar-refractivity contribution in [2.24, 2.45) is 0 Å². The topological polar surface area (TPSA) is 63.7 Å². The van der Waals surface area contributed by atoms with Gasteiger partial charge in [-0.05, 0) is 36.2 Å². The lowest BCUT2D eigenvalue weighted by Gasteiger charge is -2.15. The Hall–Kier alpha value is -2.20. The number of aryl methyl sites for hydroxylation is 1. The molecule has 0 aliphatic heterocycles. The summed E-state index contributed by atoms with van der Waals surface area (Å²) in [5, 5.41) is 10.8. The van der Waals surface area contributed by atoms with E-state index in [0.29, 0.717) is 29.7 Å². The summed E-state index contributed by atoms with van der Waals surface area (Å²) in [6, 6.07) is 7.18. The third-order valence-corrected chi connectivity index (χ3v) is 6.23. The van der Waals surface area contributed by atoms with Gasteiger partial charge in [0.15, 0.2) is 0 Å². The summed E-state index contributed by atoms with van der Waals surface area (Å²) in [5.41, 5.74) is 4.03. The first-order valence-electron chi connectivity index (χ1n) is 8.88. The normalized spacial score (nSPS) is 11.7. The molecule has 0 spiro atoms. The molecule has 140 valence electrons. The molecule has 5 nitrogen and oxygen atoms in total. The molecule has 0 radical (unpaired) electrons. The van der Waals surface area contributed by atoms with Crippen molar-refractivity contribution in [3.63, 3.8) is 0 Å². The van der Waals surface area contributed by atoms with Gasteiger partial charge in [0.2, 0.25) is 0 Å². The zero-order chi connectivity index (χ0) is 19.6. The Morgan fingerprint density at radius 2 is 2.04 bits per heavy atom. The van der Waals surface area contributed by atoms with E-state index in [1.54, 1.807) is 24.7 Å². The van der Waals surface area contributed by atoms with E-state index in [9.17, 15) is 5.26 Å². The molecule has 0 amide bonds. The predicted molar refractivity (Wildman–Crippen MR) is 112 cm³/mol. The highest BCUT2D eigenvalue weighted by molar-refractivity contribution is 6.76. The van der Waals surface area contributed by atoms with Crippen LogP contribution in [0.4, 0.5) is 0 Å². The number of hydrogen-bond acceptors (Lipinski definition) is 4. The fraction of sp³-hybridized carbons (Fsp3) is 0.350. The number of rotatable bonds is 6. The summed E-state index contributed by atoms with van der Waals surface area (Å²) < 4.78 is 7.72. The van der Waals surface area contributed by atoms with Crippen LogP contribution in [0.15, 0.2) is 30.7 Å². The van der Waals surface area contributed by atoms with Crippen molar-refractivity contribution < 1.29 is 4.74 Å². The van der Waals surface area contributed by atoms with Crippen LogP contribution >= 0.6 is 11.6 Å². The third-order valence-electron chi connectivity index (χ3n) is 4.33. The number of nitrogens with zero attached hydrogens (tertiary/aromatic N) is 4. The molecular formula is C20H23ClN4OSi. The number of pyridine rings is 2. The molecular weight excluding hydrogens is 376 g/mol. The Morgan fingerprint density at radius 3 is 2.70 bits per heavy atom. The van der Waals surface area contributed by atoms with Gasteiger partial charge >= 0.3 is 0 Å². The fourth-order valence-corrected chi connectivity index (χ4v) is 3.86. The molecule has 3 heterocycles. The quantitative estimate of drug-likeness (QED) is 0.323. The maximum atomic E-state index is 9.65. The second-order valence-corrected chi connectivity index (χ2v) is 13.9. The molecule has 0 N–H and O–H groups in total. The number of fused-ring (bicyclic) bond motifs is 1. The molecule has 0 aromatic carbocycles. The first-order valence-corrected chi connectivity index (χ1v) is 13.0. The minimum absolute atomic E-state index is 0.349. The van der Waals surface area contributed by atoms with E-state index in [1.165, 1.54) is 0 Å². The smallest absolute Gasteiger partial charge is 0.145 e. The van der Waals surface area contributed by atoms with Crippen molar-refractivity contribution in [2.75, 3.05) is 6.61 Å². The summed E-state index contributed by atoms with van der Waals surface area (Å²) in [4.78, 5) is 8.73. The van der Waals surface area contributed by atoms with Gasteiger partial charge in [0, 0.05) is 44.2 Å². The van der Waals surface area contributed by atoms with Gasteiger partial charge in [-0.15, -0.1) is 0 Å². The lowest BCUT2D eigenvalue weighted by atomic mass is 10.0. The molecule has 27 heavy (non-hydrogen) atoms. The van der Waals surface area contributed by atoms with Gasteiger partial charge in [0.05, 0.1) is 5.56 Å². The summed E-state index contributed by atoms with van der Waals surface area (Å²) in [6.45, 7) is 9.99. The molecule has 0 aliphatic rings. The van der Waals surface area contributed by atoms with Crippen molar-refractivity contribution in [1.82, 2.24) is 14.5 Å². The number of aromatic nitrogens is 3. The Kier molecular flexibility index (Phi) is 5.66. The zero-order valence-corrected chi connectivity index (χ0v) is 17.8. The van der Waals surface area contributed by atoms with Crippen molar-refractivity contribution in [3.05, 3.63) is 47.0 Å². The van der Waals surface area contributed by atoms with Crippen molar-refractivity contribution in [3.8, 4) is 17.2 Å². The van der Waals surface area contributed by atoms with Gasteiger partial charge in [-0.3, -0.25) is 4.98 Å². The first kappa shape index (κ1) is 19.6. The van der Waals surface area contributed by atoms with E-state index in [4.69, 9.17) is 16.3 Å². The molecule has 0 saturated carbocycles. The highest BCUT2D eigenvalue weighted by Gasteiger charge is 2.17. The summed E-state index contributed by atoms with van der Waals surface area (Å²) in [7, 11) is -1.15. The largest absolute Gasteiger partial charge is 0.361 e. The molecule has 0 saturated heterocycles. The van der Waals surface area contributed by atoms with Crippen LogP contribution < -0.4 is 0 Å². The summed E-state index contributed by atoms with van der Waals surface area (Å²) >= 11 is 6.30. The second-order valence-electron chi connectivity index (χ2n) is 7.91. The van der Waals surface area contributed by atoms with Crippen LogP contribution in [0.25, 0.3) is 22.2 Å². The molecule has 0 aliphatic carbocycles. The monoisotopic (exact) mass is 398 g/mol. The summed E-state index contributed by atoms with van der Waals surface area (Å²) in [5.74, 6) is 0. The van der Waals surface area contributed by atoms with Crippen LogP contribution in [0, 0.1) is 18.3 Å². The fourth-order valence-electron chi connectivity index (χ4n) is 2.91. The van der Waals surface area contributed by atoms with E-state index < -0.39 is 8.07 Å². The number of hydrogen-bond donors (Lipinski definition) is 0. The highest BCUT2D eigenvalue weighted by Crippen LogP contribution is 2.33. The Bertz CT molecular complexity index is 1020. The molecule has 0 bridgehead atoms. The van der Waals surface area contributed by atoms with Gasteiger partial charge in [0.1, 0.15) is 23.6 Å². The van der Waals surface area contributed by atoms with Crippen molar-refractivity contribution >= 4 is 30.7 Å². The maximum absolute atomic E-state index is 9.65. The van der Waals surface area contributed by atoms with Crippen LogP contribution in [0.3, 0.4) is 0 Å². The van der Waals surface area contributed by atoms with E-state index in [2.05, 4.69) is 35.7 Å². The van der Waals surface area contributed by atoms with Gasteiger partial charge < -0.3 is 9.30 Å². The molecule has 0 fully saturated rings. The van der Waals surface area contributed by atoms with Crippen molar-refractivity contribution in [1.29, 1.82) is 5.26 Å². The van der Waals surface area contributed by atoms with Crippen LogP contribution in [-0.2, 0) is 11.5 Å². The van der Waals surface area contributed by atoms with Crippen LogP contribution in [0.5, 0.6) is 0 Å². The van der Waals surface area contributed by atoms with E-state index >= 15 is 0 Å². The van der Waals surface area contributed by atoms with E-state index in [-0.39, 0.29) is 0 Å². The number of nitriles is 1. The molecule has 0 unspecified atom stereocenters. The third kappa shape index (κ3) is 4.56. The predicted octanol–water partition coefficient (Wildman–Crippen LogP) is 5.24. The molecule has 3 aromatic rings. The average molecular weight is 399 g/mol. The van der Waals surface area contributed by atoms with Crippen LogP contribution in [0.2, 0.25) is 30.8 Å². The van der Waals surface area contributed by atoms with Gasteiger partial charge in [-0.25, -0.2) is 4.98 Å². The Labute approximate surface area is 165 Å². The van der Waals surface area contributed by atoms with Gasteiger partial charge in [-0.2, -0.15) is 5.26 Å². The lowest BCUT2D eigenvalue weighted by molar-refractivity contribution is 0.0898. The van der Waals surface area contributed by atoms with Crippen LogP contribution in [0.1, 0.15) is 11.1 Å². The Morgan fingerprint density at radius 1 is 1.26 bits per heavy atom. The van der Waals surface area contributed by atoms with Crippen molar-refractivity contribution in [2.45, 2.75) is 39.3 Å². The average Bonchev–Trinajstić information content (AvgIpc) is 2.95. The minimum atomic E-state index is -1.15. The van der Waals surface area contributed by atoms with E-state index in [0.717, 1.165) is 28.1 Å². The second kappa shape index (κ2) is 7.81. The molecule has 7 heteroatoms. The highest BCUT2D eigenvalue weighted by atomic mass is 35.5. The first-order chi connectivity index (χ1) is 12.8. The maximum Gasteiger partial charge on any atom is 0.145 e. The van der Waals surface area contributed by atoms with Gasteiger partial charge in [0.25, 0.3) is 0 Å². The molecule has 0 atom stereocenters. The van der Waals surface area contributed by atoms with E-state index in [1.807, 2.05) is 17.6 Å². The molecule has 3 rings (SSSR count). The minimum Gasteiger partial charge on any atom is -0.361 e.